The van der Waals surface area contributed by atoms with Crippen LogP contribution in [0.1, 0.15) is 28.2 Å². The van der Waals surface area contributed by atoms with Crippen molar-refractivity contribution in [1.82, 2.24) is 9.88 Å². The second-order valence-corrected chi connectivity index (χ2v) is 5.69. The molecule has 0 bridgehead atoms. The number of nitrogens with zero attached hydrogens (tertiary/aromatic N) is 2. The molecule has 98 valence electrons. The summed E-state index contributed by atoms with van der Waals surface area (Å²) in [6.45, 7) is 3.95. The number of carboxylic acids is 1. The molecule has 4 heteroatoms. The molecule has 2 heterocycles. The van der Waals surface area contributed by atoms with Gasteiger partial charge in [-0.25, -0.2) is 9.78 Å². The van der Waals surface area contributed by atoms with Gasteiger partial charge in [-0.15, -0.1) is 0 Å². The summed E-state index contributed by atoms with van der Waals surface area (Å²) in [5.41, 5.74) is 1.67. The van der Waals surface area contributed by atoms with Crippen molar-refractivity contribution in [2.75, 3.05) is 20.1 Å². The minimum Gasteiger partial charge on any atom is -0.477 e. The zero-order chi connectivity index (χ0) is 13.6. The zero-order valence-corrected chi connectivity index (χ0v) is 11.1. The molecule has 1 aromatic rings. The highest BCUT2D eigenvalue weighted by Gasteiger charge is 2.58. The molecule has 0 spiro atoms. The topological polar surface area (TPSA) is 53.4 Å². The number of hydrogen-bond acceptors (Lipinski definition) is 3. The lowest BCUT2D eigenvalue weighted by molar-refractivity contribution is 0.0690. The highest BCUT2D eigenvalue weighted by molar-refractivity contribution is 5.85. The van der Waals surface area contributed by atoms with E-state index < -0.39 is 5.97 Å². The van der Waals surface area contributed by atoms with Gasteiger partial charge in [0, 0.05) is 29.8 Å². The quantitative estimate of drug-likeness (QED) is 0.771. The molecule has 19 heavy (non-hydrogen) atoms. The van der Waals surface area contributed by atoms with Crippen molar-refractivity contribution in [3.8, 4) is 11.8 Å². The van der Waals surface area contributed by atoms with Crippen molar-refractivity contribution in [2.24, 2.45) is 11.3 Å². The van der Waals surface area contributed by atoms with Crippen LogP contribution in [0.5, 0.6) is 0 Å². The van der Waals surface area contributed by atoms with Crippen LogP contribution in [0.3, 0.4) is 0 Å². The molecule has 1 saturated heterocycles. The first-order valence-electron chi connectivity index (χ1n) is 6.42. The van der Waals surface area contributed by atoms with Crippen LogP contribution in [-0.4, -0.2) is 41.1 Å². The highest BCUT2D eigenvalue weighted by Crippen LogP contribution is 2.56. The van der Waals surface area contributed by atoms with Crippen LogP contribution in [0.4, 0.5) is 0 Å². The third kappa shape index (κ3) is 2.22. The Morgan fingerprint density at radius 3 is 3.00 bits per heavy atom. The van der Waals surface area contributed by atoms with Crippen LogP contribution in [0.2, 0.25) is 0 Å². The third-order valence-electron chi connectivity index (χ3n) is 3.94. The Morgan fingerprint density at radius 2 is 2.37 bits per heavy atom. The standard InChI is InChI=1S/C15H16N2O2/c1-10-5-11(6-13(16-10)14(18)19)3-4-15-7-12(15)8-17(2)9-15/h5-6,12H,7-9H2,1-2H3,(H,18,19)/t12-,15+/m1/s1. The fourth-order valence-corrected chi connectivity index (χ4v) is 2.98. The number of likely N-dealkylation sites (tertiary alicyclic amines) is 1. The summed E-state index contributed by atoms with van der Waals surface area (Å²) >= 11 is 0. The summed E-state index contributed by atoms with van der Waals surface area (Å²) in [6.07, 6.45) is 1.18. The SMILES string of the molecule is Cc1cc(C#C[C@@]23C[C@@H]2CN(C)C3)cc(C(=O)O)n1. The first-order chi connectivity index (χ1) is 8.98. The highest BCUT2D eigenvalue weighted by atomic mass is 16.4. The van der Waals surface area contributed by atoms with Gasteiger partial charge < -0.3 is 10.0 Å². The summed E-state index contributed by atoms with van der Waals surface area (Å²) in [6, 6.07) is 3.39. The molecular formula is C15H16N2O2. The van der Waals surface area contributed by atoms with E-state index in [0.29, 0.717) is 11.6 Å². The van der Waals surface area contributed by atoms with E-state index in [1.807, 2.05) is 6.07 Å². The van der Waals surface area contributed by atoms with E-state index in [-0.39, 0.29) is 11.1 Å². The van der Waals surface area contributed by atoms with E-state index in [1.54, 1.807) is 13.0 Å². The smallest absolute Gasteiger partial charge is 0.354 e. The van der Waals surface area contributed by atoms with E-state index in [9.17, 15) is 4.79 Å². The number of aryl methyl sites for hydroxylation is 1. The molecule has 3 rings (SSSR count). The second kappa shape index (κ2) is 4.07. The molecule has 1 aliphatic heterocycles. The second-order valence-electron chi connectivity index (χ2n) is 5.69. The maximum atomic E-state index is 11.0. The van der Waals surface area contributed by atoms with Crippen molar-refractivity contribution in [1.29, 1.82) is 0 Å². The van der Waals surface area contributed by atoms with Gasteiger partial charge in [0.1, 0.15) is 5.69 Å². The van der Waals surface area contributed by atoms with Crippen molar-refractivity contribution in [3.63, 3.8) is 0 Å². The molecule has 2 aliphatic rings. The molecule has 2 atom stereocenters. The van der Waals surface area contributed by atoms with Crippen molar-refractivity contribution in [3.05, 3.63) is 29.1 Å². The van der Waals surface area contributed by atoms with Gasteiger partial charge in [-0.3, -0.25) is 0 Å². The monoisotopic (exact) mass is 256 g/mol. The minimum atomic E-state index is -1.00. The fourth-order valence-electron chi connectivity index (χ4n) is 2.98. The molecule has 0 radical (unpaired) electrons. The third-order valence-corrected chi connectivity index (χ3v) is 3.94. The van der Waals surface area contributed by atoms with Gasteiger partial charge in [-0.05, 0) is 38.4 Å². The van der Waals surface area contributed by atoms with E-state index in [1.165, 1.54) is 6.42 Å². The molecule has 1 N–H and O–H groups in total. The van der Waals surface area contributed by atoms with Gasteiger partial charge >= 0.3 is 5.97 Å². The molecule has 4 nitrogen and oxygen atoms in total. The number of pyridine rings is 1. The number of aromatic nitrogens is 1. The summed E-state index contributed by atoms with van der Waals surface area (Å²) in [5.74, 6) is 6.20. The van der Waals surface area contributed by atoms with E-state index in [4.69, 9.17) is 5.11 Å². The Bertz CT molecular complexity index is 614. The number of aromatic carboxylic acids is 1. The normalized spacial score (nSPS) is 28.4. The average molecular weight is 256 g/mol. The minimum absolute atomic E-state index is 0.0673. The number of hydrogen-bond donors (Lipinski definition) is 1. The lowest BCUT2D eigenvalue weighted by Crippen LogP contribution is -2.19. The Hall–Kier alpha value is -1.86. The lowest BCUT2D eigenvalue weighted by Gasteiger charge is -2.10. The van der Waals surface area contributed by atoms with Crippen molar-refractivity contribution < 1.29 is 9.90 Å². The molecule has 1 aromatic heterocycles. The number of rotatable bonds is 1. The van der Waals surface area contributed by atoms with E-state index in [0.717, 1.165) is 18.7 Å². The molecule has 0 unspecified atom stereocenters. The summed E-state index contributed by atoms with van der Waals surface area (Å²) in [7, 11) is 2.12. The first-order valence-corrected chi connectivity index (χ1v) is 6.42. The van der Waals surface area contributed by atoms with Crippen molar-refractivity contribution >= 4 is 5.97 Å². The molecular weight excluding hydrogens is 240 g/mol. The Labute approximate surface area is 112 Å². The Morgan fingerprint density at radius 1 is 1.58 bits per heavy atom. The van der Waals surface area contributed by atoms with Gasteiger partial charge in [0.05, 0.1) is 0 Å². The predicted octanol–water partition coefficient (Wildman–Crippen LogP) is 1.39. The zero-order valence-electron chi connectivity index (χ0n) is 11.1. The van der Waals surface area contributed by atoms with Gasteiger partial charge in [-0.2, -0.15) is 0 Å². The van der Waals surface area contributed by atoms with Gasteiger partial charge in [-0.1, -0.05) is 11.8 Å². The van der Waals surface area contributed by atoms with Crippen LogP contribution in [0.15, 0.2) is 12.1 Å². The predicted molar refractivity (Wildman–Crippen MR) is 70.8 cm³/mol. The lowest BCUT2D eigenvalue weighted by atomic mass is 10.1. The molecule has 0 amide bonds. The van der Waals surface area contributed by atoms with Crippen LogP contribution >= 0.6 is 0 Å². The molecule has 1 saturated carbocycles. The summed E-state index contributed by atoms with van der Waals surface area (Å²) in [4.78, 5) is 17.2. The maximum absolute atomic E-state index is 11.0. The van der Waals surface area contributed by atoms with Crippen LogP contribution < -0.4 is 0 Å². The first kappa shape index (κ1) is 12.2. The van der Waals surface area contributed by atoms with E-state index in [2.05, 4.69) is 28.8 Å². The molecule has 2 fully saturated rings. The fraction of sp³-hybridized carbons (Fsp3) is 0.467. The average Bonchev–Trinajstić information content (AvgIpc) is 2.89. The van der Waals surface area contributed by atoms with E-state index >= 15 is 0 Å². The summed E-state index contributed by atoms with van der Waals surface area (Å²) in [5, 5.41) is 8.99. The number of fused-ring (bicyclic) bond motifs is 1. The Balaban J connectivity index is 1.87. The summed E-state index contributed by atoms with van der Waals surface area (Å²) < 4.78 is 0. The molecule has 0 aromatic carbocycles. The van der Waals surface area contributed by atoms with Crippen LogP contribution in [0, 0.1) is 30.1 Å². The van der Waals surface area contributed by atoms with Crippen LogP contribution in [-0.2, 0) is 0 Å². The largest absolute Gasteiger partial charge is 0.477 e. The number of carbonyl (C=O) groups is 1. The van der Waals surface area contributed by atoms with Crippen LogP contribution in [0.25, 0.3) is 0 Å². The van der Waals surface area contributed by atoms with Gasteiger partial charge in [0.2, 0.25) is 0 Å². The number of carboxylic acid groups (broad SMARTS) is 1. The van der Waals surface area contributed by atoms with Crippen molar-refractivity contribution in [2.45, 2.75) is 13.3 Å². The van der Waals surface area contributed by atoms with Gasteiger partial charge in [0.25, 0.3) is 0 Å². The molecule has 1 aliphatic carbocycles. The maximum Gasteiger partial charge on any atom is 0.354 e. The van der Waals surface area contributed by atoms with Gasteiger partial charge in [0.15, 0.2) is 0 Å². The number of piperidine rings is 1. The Kier molecular flexibility index (Phi) is 2.61.